The summed E-state index contributed by atoms with van der Waals surface area (Å²) in [6.45, 7) is 6.77. The van der Waals surface area contributed by atoms with Gasteiger partial charge in [0, 0.05) is 26.6 Å². The third-order valence-electron chi connectivity index (χ3n) is 8.20. The molecule has 8 rings (SSSR count). The molecule has 1 aliphatic heterocycles. The summed E-state index contributed by atoms with van der Waals surface area (Å²) in [5.41, 5.74) is 7.12. The molecule has 7 aromatic rings. The zero-order valence-electron chi connectivity index (χ0n) is 24.2. The fourth-order valence-electron chi connectivity index (χ4n) is 6.02. The first-order valence-electron chi connectivity index (χ1n) is 14.5. The Labute approximate surface area is 260 Å². The van der Waals surface area contributed by atoms with Crippen molar-refractivity contribution in [2.24, 2.45) is 0 Å². The summed E-state index contributed by atoms with van der Waals surface area (Å²) in [6.07, 6.45) is 0. The van der Waals surface area contributed by atoms with Gasteiger partial charge in [-0.25, -0.2) is 4.98 Å². The summed E-state index contributed by atoms with van der Waals surface area (Å²) >= 11 is 3.28. The van der Waals surface area contributed by atoms with E-state index in [0.717, 1.165) is 33.3 Å². The zero-order chi connectivity index (χ0) is 29.1. The highest BCUT2D eigenvalue weighted by Crippen LogP contribution is 2.54. The van der Waals surface area contributed by atoms with Crippen molar-refractivity contribution in [2.75, 3.05) is 4.90 Å². The maximum absolute atomic E-state index is 5.23. The fraction of sp³-hybridized carbons (Fsp3) is 0.105. The molecule has 0 atom stereocenters. The number of para-hydroxylation sites is 1. The van der Waals surface area contributed by atoms with Crippen LogP contribution in [0.2, 0.25) is 0 Å². The number of aromatic nitrogens is 2. The minimum atomic E-state index is 0.0999. The molecule has 2 heterocycles. The summed E-state index contributed by atoms with van der Waals surface area (Å²) in [6, 6.07) is 43.6. The lowest BCUT2D eigenvalue weighted by Crippen LogP contribution is -2.16. The van der Waals surface area contributed by atoms with Gasteiger partial charge in [0.25, 0.3) is 0 Å². The fourth-order valence-corrected chi connectivity index (χ4v) is 7.93. The monoisotopic (exact) mass is 591 g/mol. The van der Waals surface area contributed by atoms with Gasteiger partial charge >= 0.3 is 0 Å². The zero-order valence-corrected chi connectivity index (χ0v) is 25.8. The van der Waals surface area contributed by atoms with Gasteiger partial charge in [-0.15, -0.1) is 0 Å². The average molecular weight is 592 g/mol. The van der Waals surface area contributed by atoms with Gasteiger partial charge in [0.1, 0.15) is 5.01 Å². The number of fused-ring (bicyclic) bond motifs is 4. The molecule has 0 saturated heterocycles. The Balaban J connectivity index is 1.28. The van der Waals surface area contributed by atoms with Gasteiger partial charge in [-0.05, 0) is 86.5 Å². The normalized spacial score (nSPS) is 12.9. The Bertz CT molecular complexity index is 2100. The van der Waals surface area contributed by atoms with Crippen molar-refractivity contribution in [3.63, 3.8) is 0 Å². The van der Waals surface area contributed by atoms with E-state index in [9.17, 15) is 0 Å². The largest absolute Gasteiger partial charge is 0.308 e. The van der Waals surface area contributed by atoms with Crippen molar-refractivity contribution in [2.45, 2.75) is 36.0 Å². The lowest BCUT2D eigenvalue weighted by molar-refractivity contribution is 0.590. The summed E-state index contributed by atoms with van der Waals surface area (Å²) in [5.74, 6) is 0.767. The number of rotatable bonds is 3. The van der Waals surface area contributed by atoms with Crippen LogP contribution in [0.25, 0.3) is 43.5 Å². The van der Waals surface area contributed by atoms with E-state index >= 15 is 0 Å². The maximum Gasteiger partial charge on any atom is 0.174 e. The molecule has 5 heteroatoms. The molecule has 0 radical (unpaired) electrons. The topological polar surface area (TPSA) is 29.0 Å². The third kappa shape index (κ3) is 4.43. The minimum Gasteiger partial charge on any atom is -0.308 e. The second-order valence-corrected chi connectivity index (χ2v) is 13.8. The molecule has 43 heavy (non-hydrogen) atoms. The van der Waals surface area contributed by atoms with Crippen LogP contribution >= 0.6 is 23.3 Å². The van der Waals surface area contributed by atoms with Gasteiger partial charge in [0.2, 0.25) is 0 Å². The van der Waals surface area contributed by atoms with Crippen molar-refractivity contribution < 1.29 is 0 Å². The van der Waals surface area contributed by atoms with Crippen LogP contribution in [0.1, 0.15) is 26.3 Å². The second kappa shape index (κ2) is 10.1. The van der Waals surface area contributed by atoms with Crippen molar-refractivity contribution in [1.29, 1.82) is 0 Å². The summed E-state index contributed by atoms with van der Waals surface area (Å²) < 4.78 is 4.98. The quantitative estimate of drug-likeness (QED) is 0.191. The smallest absolute Gasteiger partial charge is 0.174 e. The van der Waals surface area contributed by atoms with Crippen LogP contribution in [0.4, 0.5) is 17.1 Å². The van der Waals surface area contributed by atoms with E-state index in [1.807, 2.05) is 0 Å². The molecule has 0 amide bonds. The molecule has 0 saturated carbocycles. The molecule has 1 aromatic heterocycles. The molecule has 0 N–H and O–H groups in total. The lowest BCUT2D eigenvalue weighted by atomic mass is 9.87. The molecular weight excluding hydrogens is 563 g/mol. The van der Waals surface area contributed by atoms with Gasteiger partial charge < -0.3 is 4.90 Å². The van der Waals surface area contributed by atoms with Gasteiger partial charge in [-0.1, -0.05) is 111 Å². The van der Waals surface area contributed by atoms with Crippen molar-refractivity contribution in [3.8, 4) is 22.0 Å². The molecule has 0 spiro atoms. The third-order valence-corrected chi connectivity index (χ3v) is 10.1. The first kappa shape index (κ1) is 26.2. The number of hydrogen-bond acceptors (Lipinski definition) is 5. The van der Waals surface area contributed by atoms with Gasteiger partial charge in [0.05, 0.1) is 11.4 Å². The first-order valence-corrected chi connectivity index (χ1v) is 16.1. The Morgan fingerprint density at radius 3 is 2.02 bits per heavy atom. The summed E-state index contributed by atoms with van der Waals surface area (Å²) in [4.78, 5) is 10.00. The van der Waals surface area contributed by atoms with E-state index in [-0.39, 0.29) is 5.41 Å². The highest BCUT2D eigenvalue weighted by molar-refractivity contribution is 8.00. The van der Waals surface area contributed by atoms with Gasteiger partial charge in [0.15, 0.2) is 5.82 Å². The van der Waals surface area contributed by atoms with E-state index in [1.165, 1.54) is 54.1 Å². The van der Waals surface area contributed by atoms with Crippen LogP contribution in [0.5, 0.6) is 0 Å². The number of anilines is 3. The average Bonchev–Trinajstić information content (AvgIpc) is 3.51. The van der Waals surface area contributed by atoms with E-state index < -0.39 is 0 Å². The molecular formula is C38H29N3S2. The molecule has 208 valence electrons. The summed E-state index contributed by atoms with van der Waals surface area (Å²) in [5, 5.41) is 5.77. The second-order valence-electron chi connectivity index (χ2n) is 12.0. The lowest BCUT2D eigenvalue weighted by Gasteiger charge is -2.34. The first-order chi connectivity index (χ1) is 21.0. The Hall–Kier alpha value is -4.45. The standard InChI is InChI=1S/C38H29N3S2/c1-38(2,3)26-19-21-27(22-20-26)41-31-16-8-9-18-33(31)42-35-30(15-10-17-32(35)41)36-39-37(43-40-36)34-28-13-6-4-11-24(28)23-25-12-5-7-14-29(25)34/h4-23H,1-3H3. The Morgan fingerprint density at radius 2 is 1.30 bits per heavy atom. The van der Waals surface area contributed by atoms with Crippen LogP contribution < -0.4 is 4.90 Å². The Morgan fingerprint density at radius 1 is 0.651 bits per heavy atom. The van der Waals surface area contributed by atoms with E-state index in [4.69, 9.17) is 9.36 Å². The van der Waals surface area contributed by atoms with E-state index in [1.54, 1.807) is 11.8 Å². The molecule has 0 bridgehead atoms. The predicted molar refractivity (Wildman–Crippen MR) is 183 cm³/mol. The predicted octanol–water partition coefficient (Wildman–Crippen LogP) is 11.4. The van der Waals surface area contributed by atoms with Crippen molar-refractivity contribution in [3.05, 3.63) is 127 Å². The maximum atomic E-state index is 5.23. The van der Waals surface area contributed by atoms with E-state index in [2.05, 4.69) is 147 Å². The van der Waals surface area contributed by atoms with Crippen LogP contribution in [-0.4, -0.2) is 9.36 Å². The van der Waals surface area contributed by atoms with Crippen molar-refractivity contribution >= 4 is 61.9 Å². The molecule has 0 aliphatic carbocycles. The van der Waals surface area contributed by atoms with Crippen molar-refractivity contribution in [1.82, 2.24) is 9.36 Å². The number of hydrogen-bond donors (Lipinski definition) is 0. The summed E-state index contributed by atoms with van der Waals surface area (Å²) in [7, 11) is 0. The number of benzene rings is 6. The highest BCUT2D eigenvalue weighted by atomic mass is 32.2. The molecule has 3 nitrogen and oxygen atoms in total. The molecule has 0 unspecified atom stereocenters. The molecule has 6 aromatic carbocycles. The minimum absolute atomic E-state index is 0.0999. The van der Waals surface area contributed by atoms with Crippen LogP contribution in [0, 0.1) is 0 Å². The van der Waals surface area contributed by atoms with Crippen LogP contribution in [0.15, 0.2) is 131 Å². The van der Waals surface area contributed by atoms with Gasteiger partial charge in [-0.3, -0.25) is 0 Å². The van der Waals surface area contributed by atoms with E-state index in [0.29, 0.717) is 0 Å². The van der Waals surface area contributed by atoms with Crippen LogP contribution in [-0.2, 0) is 5.41 Å². The van der Waals surface area contributed by atoms with Crippen LogP contribution in [0.3, 0.4) is 0 Å². The SMILES string of the molecule is CC(C)(C)c1ccc(N2c3ccccc3Sc3c(-c4nsc(-c5c6ccccc6cc6ccccc56)n4)cccc32)cc1. The molecule has 1 aliphatic rings. The Kier molecular flexibility index (Phi) is 6.14. The molecule has 0 fully saturated rings. The number of nitrogens with zero attached hydrogens (tertiary/aromatic N) is 3. The highest BCUT2D eigenvalue weighted by Gasteiger charge is 2.28. The van der Waals surface area contributed by atoms with Gasteiger partial charge in [-0.2, -0.15) is 4.37 Å².